The van der Waals surface area contributed by atoms with Crippen LogP contribution in [-0.4, -0.2) is 82.5 Å². The molecule has 3 heterocycles. The van der Waals surface area contributed by atoms with Crippen molar-refractivity contribution in [3.8, 4) is 0 Å². The highest BCUT2D eigenvalue weighted by atomic mass is 16.6. The summed E-state index contributed by atoms with van der Waals surface area (Å²) < 4.78 is 11.2. The highest BCUT2D eigenvalue weighted by Crippen LogP contribution is 2.45. The minimum atomic E-state index is -2.15. The Morgan fingerprint density at radius 3 is 2.70 bits per heavy atom. The van der Waals surface area contributed by atoms with Gasteiger partial charge in [0.25, 0.3) is 5.72 Å². The van der Waals surface area contributed by atoms with Gasteiger partial charge in [0, 0.05) is 17.9 Å². The minimum Gasteiger partial charge on any atom is -0.459 e. The van der Waals surface area contributed by atoms with E-state index in [-0.39, 0.29) is 23.1 Å². The van der Waals surface area contributed by atoms with Gasteiger partial charge in [-0.1, -0.05) is 13.0 Å². The van der Waals surface area contributed by atoms with Crippen LogP contribution in [0.2, 0.25) is 0 Å². The number of esters is 2. The molecule has 3 N–H and O–H groups in total. The van der Waals surface area contributed by atoms with Gasteiger partial charge >= 0.3 is 11.9 Å². The fourth-order valence-electron chi connectivity index (χ4n) is 4.39. The quantitative estimate of drug-likeness (QED) is 0.245. The summed E-state index contributed by atoms with van der Waals surface area (Å²) in [6.07, 6.45) is 3.13. The maximum Gasteiger partial charge on any atom is 0.341 e. The summed E-state index contributed by atoms with van der Waals surface area (Å²) in [5, 5.41) is 31.8. The zero-order valence-corrected chi connectivity index (χ0v) is 16.0. The third kappa shape index (κ3) is 2.82. The molecule has 3 aliphatic rings. The second kappa shape index (κ2) is 6.70. The van der Waals surface area contributed by atoms with Crippen molar-refractivity contribution < 1.29 is 38.9 Å². The van der Waals surface area contributed by atoms with Crippen LogP contribution in [0.1, 0.15) is 26.7 Å². The van der Waals surface area contributed by atoms with E-state index in [4.69, 9.17) is 9.47 Å². The van der Waals surface area contributed by atoms with E-state index in [1.165, 1.54) is 0 Å². The summed E-state index contributed by atoms with van der Waals surface area (Å²) >= 11 is 0. The smallest absolute Gasteiger partial charge is 0.341 e. The summed E-state index contributed by atoms with van der Waals surface area (Å²) in [4.78, 5) is 25.3. The van der Waals surface area contributed by atoms with Crippen molar-refractivity contribution in [3.63, 3.8) is 0 Å². The van der Waals surface area contributed by atoms with Crippen LogP contribution < -0.4 is 0 Å². The van der Waals surface area contributed by atoms with Crippen molar-refractivity contribution >= 4 is 11.9 Å². The molecule has 2 unspecified atom stereocenters. The van der Waals surface area contributed by atoms with Gasteiger partial charge in [-0.25, -0.2) is 9.59 Å². The Balaban J connectivity index is 2.02. The molecular formula is C19H28NO7+. The van der Waals surface area contributed by atoms with Crippen molar-refractivity contribution in [2.45, 2.75) is 44.1 Å². The maximum absolute atomic E-state index is 12.7. The Labute approximate surface area is 158 Å². The normalized spacial score (nSPS) is 44.1. The Morgan fingerprint density at radius 1 is 1.37 bits per heavy atom. The fourth-order valence-corrected chi connectivity index (χ4v) is 4.39. The first kappa shape index (κ1) is 20.0. The van der Waals surface area contributed by atoms with Gasteiger partial charge in [-0.05, 0) is 19.4 Å². The standard InChI is InChI=1S/C19H28NO7/c1-4-13-9-12(2)18(24,11-21)17(23)26-10-14-5-7-20(3)8-6-15(19(14,20)25)27-16(13)22/h4-5,12,15,21,24-25H,6-11H2,1-3H3/q+1/b13-4-/t12?,15-,18-,19+,20?/m1/s1. The molecule has 3 aliphatic heterocycles. The second-order valence-corrected chi connectivity index (χ2v) is 8.02. The molecule has 3 rings (SSSR count). The number of nitrogens with zero attached hydrogens (tertiary/aromatic N) is 1. The summed E-state index contributed by atoms with van der Waals surface area (Å²) in [5.41, 5.74) is -2.90. The van der Waals surface area contributed by atoms with Gasteiger partial charge in [-0.3, -0.25) is 4.48 Å². The third-order valence-corrected chi connectivity index (χ3v) is 6.52. The lowest BCUT2D eigenvalue weighted by Gasteiger charge is -2.40. The molecule has 8 heteroatoms. The zero-order valence-electron chi connectivity index (χ0n) is 16.0. The molecule has 0 aromatic carbocycles. The number of carbonyl (C=O) groups excluding carboxylic acids is 2. The van der Waals surface area contributed by atoms with Crippen LogP contribution in [0.4, 0.5) is 0 Å². The van der Waals surface area contributed by atoms with Crippen LogP contribution in [0.15, 0.2) is 23.3 Å². The van der Waals surface area contributed by atoms with E-state index in [1.54, 1.807) is 26.0 Å². The molecule has 0 bridgehead atoms. The van der Waals surface area contributed by atoms with Gasteiger partial charge in [-0.2, -0.15) is 0 Å². The molecule has 8 nitrogen and oxygen atoms in total. The van der Waals surface area contributed by atoms with Gasteiger partial charge in [-0.15, -0.1) is 0 Å². The predicted molar refractivity (Wildman–Crippen MR) is 94.0 cm³/mol. The Bertz CT molecular complexity index is 717. The predicted octanol–water partition coefficient (Wildman–Crippen LogP) is -0.370. The van der Waals surface area contributed by atoms with Gasteiger partial charge < -0.3 is 24.8 Å². The Morgan fingerprint density at radius 2 is 2.07 bits per heavy atom. The van der Waals surface area contributed by atoms with E-state index < -0.39 is 41.9 Å². The molecule has 5 atom stereocenters. The van der Waals surface area contributed by atoms with Crippen LogP contribution in [0, 0.1) is 5.92 Å². The SMILES string of the molecule is C/C=C1/CC(C)[C@](O)(CO)C(=O)OCC2=CC[N+]3(C)CC[C@@H](OC1=O)[C@@]23O. The number of cyclic esters (lactones) is 1. The maximum atomic E-state index is 12.7. The van der Waals surface area contributed by atoms with Crippen molar-refractivity contribution in [3.05, 3.63) is 23.3 Å². The van der Waals surface area contributed by atoms with Crippen LogP contribution in [0.3, 0.4) is 0 Å². The molecule has 150 valence electrons. The average molecular weight is 382 g/mol. The summed E-state index contributed by atoms with van der Waals surface area (Å²) in [6.45, 7) is 3.30. The van der Waals surface area contributed by atoms with E-state index in [0.29, 0.717) is 25.1 Å². The third-order valence-electron chi connectivity index (χ3n) is 6.52. The topological polar surface area (TPSA) is 113 Å². The lowest BCUT2D eigenvalue weighted by Crippen LogP contribution is -2.61. The largest absolute Gasteiger partial charge is 0.459 e. The van der Waals surface area contributed by atoms with Crippen molar-refractivity contribution in [2.75, 3.05) is 33.4 Å². The first-order valence-corrected chi connectivity index (χ1v) is 9.25. The van der Waals surface area contributed by atoms with Crippen molar-refractivity contribution in [2.24, 2.45) is 5.92 Å². The summed E-state index contributed by atoms with van der Waals surface area (Å²) in [7, 11) is 1.87. The number of quaternary nitrogens is 1. The average Bonchev–Trinajstić information content (AvgIpc) is 3.04. The monoisotopic (exact) mass is 382 g/mol. The van der Waals surface area contributed by atoms with Crippen molar-refractivity contribution in [1.82, 2.24) is 0 Å². The number of rotatable bonds is 1. The molecule has 2 fully saturated rings. The molecule has 0 amide bonds. The number of aliphatic hydroxyl groups is 3. The minimum absolute atomic E-state index is 0.0292. The first-order chi connectivity index (χ1) is 12.6. The van der Waals surface area contributed by atoms with Gasteiger partial charge in [0.05, 0.1) is 25.8 Å². The molecule has 27 heavy (non-hydrogen) atoms. The van der Waals surface area contributed by atoms with Gasteiger partial charge in [0.1, 0.15) is 13.2 Å². The lowest BCUT2D eigenvalue weighted by atomic mass is 9.84. The highest BCUT2D eigenvalue weighted by molar-refractivity contribution is 5.89. The molecule has 0 radical (unpaired) electrons. The number of hydrogen-bond acceptors (Lipinski definition) is 7. The Kier molecular flexibility index (Phi) is 4.96. The number of carbonyl (C=O) groups is 2. The summed E-state index contributed by atoms with van der Waals surface area (Å²) in [5.74, 6) is -2.33. The molecule has 0 aromatic rings. The molecule has 0 aliphatic carbocycles. The number of hydrogen-bond donors (Lipinski definition) is 3. The number of allylic oxidation sites excluding steroid dienone is 1. The number of likely N-dealkylation sites (N-methyl/N-ethyl adjacent to an activating group) is 1. The van der Waals surface area contributed by atoms with E-state index in [1.807, 2.05) is 7.05 Å². The van der Waals surface area contributed by atoms with Crippen molar-refractivity contribution in [1.29, 1.82) is 0 Å². The van der Waals surface area contributed by atoms with E-state index >= 15 is 0 Å². The molecule has 0 saturated carbocycles. The van der Waals surface area contributed by atoms with Crippen LogP contribution in [0.25, 0.3) is 0 Å². The second-order valence-electron chi connectivity index (χ2n) is 8.02. The number of ether oxygens (including phenoxy) is 2. The first-order valence-electron chi connectivity index (χ1n) is 9.25. The molecule has 0 spiro atoms. The molecular weight excluding hydrogens is 354 g/mol. The van der Waals surface area contributed by atoms with Gasteiger partial charge in [0.2, 0.25) is 0 Å². The highest BCUT2D eigenvalue weighted by Gasteiger charge is 2.65. The lowest BCUT2D eigenvalue weighted by molar-refractivity contribution is -0.955. The molecule has 2 saturated heterocycles. The summed E-state index contributed by atoms with van der Waals surface area (Å²) in [6, 6.07) is 0. The van der Waals surface area contributed by atoms with Crippen LogP contribution in [0.5, 0.6) is 0 Å². The van der Waals surface area contributed by atoms with Crippen LogP contribution in [-0.2, 0) is 19.1 Å². The fraction of sp³-hybridized carbons (Fsp3) is 0.684. The zero-order chi connectivity index (χ0) is 20.0. The van der Waals surface area contributed by atoms with E-state index in [9.17, 15) is 24.9 Å². The molecule has 0 aromatic heterocycles. The number of aliphatic hydroxyl groups excluding tert-OH is 1. The van der Waals surface area contributed by atoms with E-state index in [0.717, 1.165) is 0 Å². The Hall–Kier alpha value is -1.74. The van der Waals surface area contributed by atoms with E-state index in [2.05, 4.69) is 0 Å². The van der Waals surface area contributed by atoms with Gasteiger partial charge in [0.15, 0.2) is 11.7 Å². The van der Waals surface area contributed by atoms with Crippen LogP contribution >= 0.6 is 0 Å².